The number of rotatable bonds is 9. The molecule has 1 aromatic carbocycles. The minimum Gasteiger partial charge on any atom is -0.464 e. The van der Waals surface area contributed by atoms with Crippen LogP contribution >= 0.6 is 0 Å². The molecule has 0 unspecified atom stereocenters. The Morgan fingerprint density at radius 1 is 1.22 bits per heavy atom. The second-order valence-corrected chi connectivity index (χ2v) is 14.2. The van der Waals surface area contributed by atoms with Crippen molar-refractivity contribution in [1.29, 1.82) is 0 Å². The first kappa shape index (κ1) is 23.4. The number of anilines is 1. The second-order valence-electron chi connectivity index (χ2n) is 8.54. The molecule has 0 bridgehead atoms. The van der Waals surface area contributed by atoms with Crippen LogP contribution in [0.3, 0.4) is 0 Å². The van der Waals surface area contributed by atoms with Gasteiger partial charge in [-0.1, -0.05) is 32.3 Å². The van der Waals surface area contributed by atoms with E-state index < -0.39 is 14.0 Å². The summed E-state index contributed by atoms with van der Waals surface area (Å²) in [5.41, 5.74) is 2.99. The van der Waals surface area contributed by atoms with Gasteiger partial charge in [-0.05, 0) is 36.4 Å². The minimum atomic E-state index is -1.20. The third-order valence-corrected chi connectivity index (χ3v) is 6.55. The van der Waals surface area contributed by atoms with Gasteiger partial charge in [0.05, 0.1) is 18.3 Å². The number of aromatic nitrogens is 3. The predicted molar refractivity (Wildman–Crippen MR) is 127 cm³/mol. The Morgan fingerprint density at radius 2 is 2.00 bits per heavy atom. The molecule has 0 saturated heterocycles. The topological polar surface area (TPSA) is 95.3 Å². The molecule has 0 aliphatic carbocycles. The zero-order valence-electron chi connectivity index (χ0n) is 18.8. The maximum atomic E-state index is 12.4. The summed E-state index contributed by atoms with van der Waals surface area (Å²) in [6.07, 6.45) is 2.81. The second kappa shape index (κ2) is 9.88. The lowest BCUT2D eigenvalue weighted by Gasteiger charge is -2.15. The molecule has 1 amide bonds. The molecule has 0 radical (unpaired) electrons. The van der Waals surface area contributed by atoms with Crippen molar-refractivity contribution in [2.75, 3.05) is 19.0 Å². The average Bonchev–Trinajstić information content (AvgIpc) is 3.13. The van der Waals surface area contributed by atoms with E-state index in [1.54, 1.807) is 23.0 Å². The van der Waals surface area contributed by atoms with Crippen LogP contribution in [0, 0.1) is 0 Å². The smallest absolute Gasteiger partial charge is 0.359 e. The van der Waals surface area contributed by atoms with Crippen LogP contribution in [0.15, 0.2) is 49.2 Å². The lowest BCUT2D eigenvalue weighted by Crippen LogP contribution is -2.22. The van der Waals surface area contributed by atoms with Crippen LogP contribution in [-0.4, -0.2) is 48.4 Å². The van der Waals surface area contributed by atoms with Gasteiger partial charge in [-0.15, -0.1) is 0 Å². The third kappa shape index (κ3) is 5.68. The number of fused-ring (bicyclic) bond motifs is 1. The molecule has 168 valence electrons. The summed E-state index contributed by atoms with van der Waals surface area (Å²) in [7, 11) is 0.131. The number of carbonyl (C=O) groups excluding carboxylic acids is 2. The highest BCUT2D eigenvalue weighted by Crippen LogP contribution is 2.27. The number of benzene rings is 1. The normalized spacial score (nSPS) is 11.4. The summed E-state index contributed by atoms with van der Waals surface area (Å²) < 4.78 is 12.4. The van der Waals surface area contributed by atoms with Crippen LogP contribution in [0.1, 0.15) is 10.5 Å². The van der Waals surface area contributed by atoms with E-state index in [-0.39, 0.29) is 18.3 Å². The molecule has 2 aromatic heterocycles. The van der Waals surface area contributed by atoms with E-state index >= 15 is 0 Å². The minimum absolute atomic E-state index is 0.217. The molecule has 3 aromatic rings. The molecule has 9 heteroatoms. The van der Waals surface area contributed by atoms with E-state index in [0.717, 1.165) is 17.1 Å². The molecule has 0 saturated carbocycles. The zero-order valence-corrected chi connectivity index (χ0v) is 19.8. The Labute approximate surface area is 188 Å². The summed E-state index contributed by atoms with van der Waals surface area (Å²) in [6, 6.07) is 10.1. The van der Waals surface area contributed by atoms with Gasteiger partial charge in [0.15, 0.2) is 5.69 Å². The summed E-state index contributed by atoms with van der Waals surface area (Å²) in [6.45, 7) is 11.2. The van der Waals surface area contributed by atoms with Gasteiger partial charge >= 0.3 is 5.97 Å². The number of nitrogens with zero attached hydrogens (tertiary/aromatic N) is 3. The van der Waals surface area contributed by atoms with Crippen molar-refractivity contribution in [1.82, 2.24) is 14.8 Å². The van der Waals surface area contributed by atoms with Crippen LogP contribution in [-0.2, 0) is 21.0 Å². The van der Waals surface area contributed by atoms with Crippen LogP contribution < -0.4 is 5.32 Å². The monoisotopic (exact) mass is 452 g/mol. The highest BCUT2D eigenvalue weighted by molar-refractivity contribution is 6.76. The fourth-order valence-corrected chi connectivity index (χ4v) is 3.83. The molecule has 0 aliphatic rings. The van der Waals surface area contributed by atoms with E-state index in [1.807, 2.05) is 18.2 Å². The molecule has 32 heavy (non-hydrogen) atoms. The average molecular weight is 453 g/mol. The van der Waals surface area contributed by atoms with Gasteiger partial charge in [0.25, 0.3) is 0 Å². The van der Waals surface area contributed by atoms with Crippen molar-refractivity contribution in [2.24, 2.45) is 0 Å². The lowest BCUT2D eigenvalue weighted by atomic mass is 10.1. The molecular formula is C23H28N4O4Si. The number of methoxy groups -OCH3 is 1. The van der Waals surface area contributed by atoms with Crippen LogP contribution in [0.25, 0.3) is 22.2 Å². The van der Waals surface area contributed by atoms with Gasteiger partial charge in [0.2, 0.25) is 5.91 Å². The quantitative estimate of drug-likeness (QED) is 0.225. The Morgan fingerprint density at radius 3 is 2.69 bits per heavy atom. The van der Waals surface area contributed by atoms with Crippen molar-refractivity contribution in [2.45, 2.75) is 32.4 Å². The first-order chi connectivity index (χ1) is 15.2. The third-order valence-electron chi connectivity index (χ3n) is 4.85. The van der Waals surface area contributed by atoms with E-state index in [1.165, 1.54) is 13.2 Å². The van der Waals surface area contributed by atoms with Crippen LogP contribution in [0.2, 0.25) is 25.7 Å². The first-order valence-electron chi connectivity index (χ1n) is 10.3. The zero-order chi connectivity index (χ0) is 23.3. The number of hydrogen-bond acceptors (Lipinski definition) is 6. The lowest BCUT2D eigenvalue weighted by molar-refractivity contribution is -0.111. The van der Waals surface area contributed by atoms with Crippen molar-refractivity contribution >= 4 is 36.5 Å². The molecule has 3 rings (SSSR count). The highest BCUT2D eigenvalue weighted by atomic mass is 28.3. The van der Waals surface area contributed by atoms with Gasteiger partial charge in [0.1, 0.15) is 6.73 Å². The van der Waals surface area contributed by atoms with Gasteiger partial charge in [-0.25, -0.2) is 9.48 Å². The Balaban J connectivity index is 1.93. The Kier molecular flexibility index (Phi) is 7.21. The summed E-state index contributed by atoms with van der Waals surface area (Å²) >= 11 is 0. The molecule has 1 N–H and O–H groups in total. The highest BCUT2D eigenvalue weighted by Gasteiger charge is 2.19. The molecular weight excluding hydrogens is 424 g/mol. The van der Waals surface area contributed by atoms with Crippen LogP contribution in [0.5, 0.6) is 0 Å². The summed E-state index contributed by atoms with van der Waals surface area (Å²) in [5.74, 6) is -0.825. The van der Waals surface area contributed by atoms with Crippen molar-refractivity contribution in [3.8, 4) is 11.3 Å². The molecule has 0 spiro atoms. The molecule has 0 fully saturated rings. The SMILES string of the molecule is C=CC(=O)Nc1ccnc(-c2ccc3c(c2)c(C(=O)OC)nn3COCC[Si](C)(C)C)c1. The van der Waals surface area contributed by atoms with Crippen molar-refractivity contribution in [3.05, 3.63) is 54.9 Å². The predicted octanol–water partition coefficient (Wildman–Crippen LogP) is 4.32. The number of esters is 1. The van der Waals surface area contributed by atoms with E-state index in [9.17, 15) is 9.59 Å². The largest absolute Gasteiger partial charge is 0.464 e. The van der Waals surface area contributed by atoms with Crippen LogP contribution in [0.4, 0.5) is 5.69 Å². The molecule has 2 heterocycles. The maximum Gasteiger partial charge on any atom is 0.359 e. The van der Waals surface area contributed by atoms with Crippen molar-refractivity contribution < 1.29 is 19.1 Å². The number of ether oxygens (including phenoxy) is 2. The number of hydrogen-bond donors (Lipinski definition) is 1. The standard InChI is InChI=1S/C23H28N4O4Si/c1-6-21(28)25-17-9-10-24-19(14-17)16-7-8-20-18(13-16)22(23(29)30-2)26-27(20)15-31-11-12-32(3,4)5/h6-10,13-14H,1,11-12,15H2,2-5H3,(H,24,25,28). The van der Waals surface area contributed by atoms with Gasteiger partial charge in [0, 0.05) is 37.5 Å². The fraction of sp³-hybridized carbons (Fsp3) is 0.304. The molecule has 0 aliphatic heterocycles. The van der Waals surface area contributed by atoms with Crippen molar-refractivity contribution in [3.63, 3.8) is 0 Å². The van der Waals surface area contributed by atoms with E-state index in [4.69, 9.17) is 9.47 Å². The first-order valence-corrected chi connectivity index (χ1v) is 14.0. The maximum absolute atomic E-state index is 12.4. The number of carbonyl (C=O) groups is 2. The van der Waals surface area contributed by atoms with E-state index in [0.29, 0.717) is 23.4 Å². The number of pyridine rings is 1. The molecule has 0 atom stereocenters. The van der Waals surface area contributed by atoms with Gasteiger partial charge in [-0.2, -0.15) is 5.10 Å². The summed E-state index contributed by atoms with van der Waals surface area (Å²) in [5, 5.41) is 7.80. The summed E-state index contributed by atoms with van der Waals surface area (Å²) in [4.78, 5) is 28.3. The number of nitrogens with one attached hydrogen (secondary N) is 1. The molecule has 8 nitrogen and oxygen atoms in total. The Bertz CT molecular complexity index is 1150. The van der Waals surface area contributed by atoms with E-state index in [2.05, 4.69) is 41.6 Å². The van der Waals surface area contributed by atoms with Gasteiger partial charge < -0.3 is 14.8 Å². The van der Waals surface area contributed by atoms with Gasteiger partial charge in [-0.3, -0.25) is 9.78 Å². The Hall–Kier alpha value is -3.30. The number of amides is 1. The fourth-order valence-electron chi connectivity index (χ4n) is 3.07.